The predicted molar refractivity (Wildman–Crippen MR) is 81.7 cm³/mol. The minimum absolute atomic E-state index is 0.190. The molecule has 0 spiro atoms. The van der Waals surface area contributed by atoms with Crippen molar-refractivity contribution in [2.24, 2.45) is 11.8 Å². The second kappa shape index (κ2) is 8.08. The zero-order valence-corrected chi connectivity index (χ0v) is 12.5. The Balaban J connectivity index is 1.63. The third-order valence-electron chi connectivity index (χ3n) is 4.43. The van der Waals surface area contributed by atoms with Crippen molar-refractivity contribution in [3.8, 4) is 0 Å². The Bertz CT molecular complexity index is 391. The van der Waals surface area contributed by atoms with E-state index in [1.165, 1.54) is 38.5 Å². The van der Waals surface area contributed by atoms with Crippen molar-refractivity contribution in [2.75, 3.05) is 6.61 Å². The maximum Gasteiger partial charge on any atom is 0.338 e. The molecule has 1 fully saturated rings. The summed E-state index contributed by atoms with van der Waals surface area (Å²) >= 11 is 0. The number of hydrogen-bond acceptors (Lipinski definition) is 2. The summed E-state index contributed by atoms with van der Waals surface area (Å²) < 4.78 is 5.37. The molecule has 0 saturated heterocycles. The van der Waals surface area contributed by atoms with Gasteiger partial charge < -0.3 is 4.74 Å². The van der Waals surface area contributed by atoms with E-state index in [4.69, 9.17) is 4.74 Å². The first-order chi connectivity index (χ1) is 9.79. The molecule has 0 unspecified atom stereocenters. The Labute approximate surface area is 122 Å². The van der Waals surface area contributed by atoms with Crippen molar-refractivity contribution in [2.45, 2.75) is 51.9 Å². The fourth-order valence-corrected chi connectivity index (χ4v) is 3.19. The molecule has 1 aliphatic rings. The lowest BCUT2D eigenvalue weighted by Gasteiger charge is -2.28. The Morgan fingerprint density at radius 1 is 1.05 bits per heavy atom. The van der Waals surface area contributed by atoms with Gasteiger partial charge in [-0.25, -0.2) is 4.79 Å². The zero-order chi connectivity index (χ0) is 14.2. The maximum atomic E-state index is 11.8. The molecule has 1 aliphatic carbocycles. The van der Waals surface area contributed by atoms with Gasteiger partial charge >= 0.3 is 5.97 Å². The van der Waals surface area contributed by atoms with Crippen LogP contribution in [-0.4, -0.2) is 12.6 Å². The molecule has 0 heterocycles. The van der Waals surface area contributed by atoms with Crippen LogP contribution in [0.25, 0.3) is 0 Å². The highest BCUT2D eigenvalue weighted by Crippen LogP contribution is 2.33. The van der Waals surface area contributed by atoms with Crippen LogP contribution in [0.4, 0.5) is 0 Å². The lowest BCUT2D eigenvalue weighted by Crippen LogP contribution is -2.17. The van der Waals surface area contributed by atoms with Crippen LogP contribution in [0.3, 0.4) is 0 Å². The summed E-state index contributed by atoms with van der Waals surface area (Å²) in [5, 5.41) is 0. The number of ether oxygens (including phenoxy) is 1. The second-order valence-corrected chi connectivity index (χ2v) is 5.97. The van der Waals surface area contributed by atoms with E-state index in [-0.39, 0.29) is 5.97 Å². The summed E-state index contributed by atoms with van der Waals surface area (Å²) in [4.78, 5) is 11.8. The number of carbonyl (C=O) groups is 1. The molecule has 0 amide bonds. The van der Waals surface area contributed by atoms with Crippen LogP contribution in [0.5, 0.6) is 0 Å². The third kappa shape index (κ3) is 4.66. The summed E-state index contributed by atoms with van der Waals surface area (Å²) in [7, 11) is 0. The molecule has 2 nitrogen and oxygen atoms in total. The topological polar surface area (TPSA) is 26.3 Å². The normalized spacial score (nSPS) is 22.4. The number of esters is 1. The highest BCUT2D eigenvalue weighted by Gasteiger charge is 2.20. The first-order valence-electron chi connectivity index (χ1n) is 8.01. The number of carbonyl (C=O) groups excluding carboxylic acids is 1. The Hall–Kier alpha value is -1.31. The SMILES string of the molecule is CCCC1CCC(CCOC(=O)c2ccccc2)CC1. The van der Waals surface area contributed by atoms with Crippen LogP contribution in [-0.2, 0) is 4.74 Å². The third-order valence-corrected chi connectivity index (χ3v) is 4.43. The quantitative estimate of drug-likeness (QED) is 0.694. The molecule has 0 radical (unpaired) electrons. The van der Waals surface area contributed by atoms with E-state index >= 15 is 0 Å². The number of rotatable bonds is 6. The van der Waals surface area contributed by atoms with Gasteiger partial charge in [0.1, 0.15) is 0 Å². The van der Waals surface area contributed by atoms with Crippen molar-refractivity contribution in [1.29, 1.82) is 0 Å². The summed E-state index contributed by atoms with van der Waals surface area (Å²) in [5.41, 5.74) is 0.652. The van der Waals surface area contributed by atoms with Crippen LogP contribution in [0.2, 0.25) is 0 Å². The van der Waals surface area contributed by atoms with E-state index in [0.717, 1.165) is 18.3 Å². The summed E-state index contributed by atoms with van der Waals surface area (Å²) in [6.07, 6.45) is 9.08. The summed E-state index contributed by atoms with van der Waals surface area (Å²) in [5.74, 6) is 1.51. The molecule has 2 rings (SSSR count). The van der Waals surface area contributed by atoms with Crippen molar-refractivity contribution in [3.05, 3.63) is 35.9 Å². The first-order valence-corrected chi connectivity index (χ1v) is 8.01. The van der Waals surface area contributed by atoms with Gasteiger partial charge in [-0.15, -0.1) is 0 Å². The average molecular weight is 274 g/mol. The van der Waals surface area contributed by atoms with Gasteiger partial charge in [-0.05, 0) is 30.4 Å². The van der Waals surface area contributed by atoms with Gasteiger partial charge in [0, 0.05) is 0 Å². The minimum atomic E-state index is -0.190. The molecule has 0 aromatic heterocycles. The number of hydrogen-bond donors (Lipinski definition) is 0. The highest BCUT2D eigenvalue weighted by atomic mass is 16.5. The lowest BCUT2D eigenvalue weighted by molar-refractivity contribution is 0.0470. The molecule has 0 N–H and O–H groups in total. The average Bonchev–Trinajstić information content (AvgIpc) is 2.50. The van der Waals surface area contributed by atoms with Crippen molar-refractivity contribution in [1.82, 2.24) is 0 Å². The standard InChI is InChI=1S/C18H26O2/c1-2-6-15-9-11-16(12-10-15)13-14-20-18(19)17-7-4-3-5-8-17/h3-5,7-8,15-16H,2,6,9-14H2,1H3. The van der Waals surface area contributed by atoms with Crippen LogP contribution in [0.1, 0.15) is 62.2 Å². The largest absolute Gasteiger partial charge is 0.462 e. The van der Waals surface area contributed by atoms with Gasteiger partial charge in [-0.1, -0.05) is 63.6 Å². The van der Waals surface area contributed by atoms with Crippen molar-refractivity contribution in [3.63, 3.8) is 0 Å². The molecule has 0 atom stereocenters. The van der Waals surface area contributed by atoms with Crippen molar-refractivity contribution >= 4 is 5.97 Å². The van der Waals surface area contributed by atoms with E-state index < -0.39 is 0 Å². The molecule has 20 heavy (non-hydrogen) atoms. The van der Waals surface area contributed by atoms with Crippen LogP contribution in [0.15, 0.2) is 30.3 Å². The smallest absolute Gasteiger partial charge is 0.338 e. The Kier molecular flexibility index (Phi) is 6.10. The summed E-state index contributed by atoms with van der Waals surface area (Å²) in [6, 6.07) is 9.25. The maximum absolute atomic E-state index is 11.8. The van der Waals surface area contributed by atoms with Crippen molar-refractivity contribution < 1.29 is 9.53 Å². The van der Waals surface area contributed by atoms with E-state index in [2.05, 4.69) is 6.92 Å². The molecule has 1 saturated carbocycles. The Morgan fingerprint density at radius 3 is 2.25 bits per heavy atom. The first kappa shape index (κ1) is 15.1. The monoisotopic (exact) mass is 274 g/mol. The lowest BCUT2D eigenvalue weighted by atomic mass is 9.79. The zero-order valence-electron chi connectivity index (χ0n) is 12.5. The van der Waals surface area contributed by atoms with Gasteiger partial charge in [-0.2, -0.15) is 0 Å². The molecule has 0 bridgehead atoms. The highest BCUT2D eigenvalue weighted by molar-refractivity contribution is 5.89. The van der Waals surface area contributed by atoms with E-state index in [9.17, 15) is 4.79 Å². The van der Waals surface area contributed by atoms with Gasteiger partial charge in [0.05, 0.1) is 12.2 Å². The van der Waals surface area contributed by atoms with Gasteiger partial charge in [0.25, 0.3) is 0 Å². The summed E-state index contributed by atoms with van der Waals surface area (Å²) in [6.45, 7) is 2.84. The van der Waals surface area contributed by atoms with Gasteiger partial charge in [0.15, 0.2) is 0 Å². The molecule has 0 aliphatic heterocycles. The number of benzene rings is 1. The van der Waals surface area contributed by atoms with E-state index in [1.807, 2.05) is 18.2 Å². The second-order valence-electron chi connectivity index (χ2n) is 5.97. The van der Waals surface area contributed by atoms with Crippen LogP contribution in [0, 0.1) is 11.8 Å². The van der Waals surface area contributed by atoms with Gasteiger partial charge in [-0.3, -0.25) is 0 Å². The molecular weight excluding hydrogens is 248 g/mol. The fourth-order valence-electron chi connectivity index (χ4n) is 3.19. The fraction of sp³-hybridized carbons (Fsp3) is 0.611. The van der Waals surface area contributed by atoms with E-state index in [1.54, 1.807) is 12.1 Å². The van der Waals surface area contributed by atoms with Crippen LogP contribution < -0.4 is 0 Å². The molecule has 2 heteroatoms. The molecule has 1 aromatic carbocycles. The molecule has 110 valence electrons. The Morgan fingerprint density at radius 2 is 1.65 bits per heavy atom. The van der Waals surface area contributed by atoms with Crippen LogP contribution >= 0.6 is 0 Å². The van der Waals surface area contributed by atoms with Gasteiger partial charge in [0.2, 0.25) is 0 Å². The molecular formula is C18H26O2. The van der Waals surface area contributed by atoms with E-state index in [0.29, 0.717) is 12.2 Å². The predicted octanol–water partition coefficient (Wildman–Crippen LogP) is 4.84. The minimum Gasteiger partial charge on any atom is -0.462 e. The molecule has 1 aromatic rings.